The lowest BCUT2D eigenvalue weighted by Gasteiger charge is -2.19. The van der Waals surface area contributed by atoms with Gasteiger partial charge in [0.05, 0.1) is 18.3 Å². The van der Waals surface area contributed by atoms with Gasteiger partial charge >= 0.3 is 5.97 Å². The van der Waals surface area contributed by atoms with E-state index >= 15 is 0 Å². The van der Waals surface area contributed by atoms with Gasteiger partial charge in [-0.25, -0.2) is 0 Å². The lowest BCUT2D eigenvalue weighted by Crippen LogP contribution is -2.33. The Hall–Kier alpha value is -2.17. The number of rotatable bonds is 4. The molecule has 0 N–H and O–H groups in total. The Labute approximate surface area is 148 Å². The van der Waals surface area contributed by atoms with Crippen LogP contribution >= 0.6 is 0 Å². The number of hydrogen-bond acceptors (Lipinski definition) is 4. The lowest BCUT2D eigenvalue weighted by atomic mass is 9.81. The van der Waals surface area contributed by atoms with Gasteiger partial charge in [-0.1, -0.05) is 25.0 Å². The van der Waals surface area contributed by atoms with E-state index in [9.17, 15) is 14.4 Å². The van der Waals surface area contributed by atoms with Crippen molar-refractivity contribution in [3.05, 3.63) is 28.8 Å². The first-order chi connectivity index (χ1) is 11.9. The summed E-state index contributed by atoms with van der Waals surface area (Å²) in [5.74, 6) is -0.377. The van der Waals surface area contributed by atoms with Crippen LogP contribution < -0.4 is 4.74 Å². The minimum absolute atomic E-state index is 0.0315. The van der Waals surface area contributed by atoms with Crippen LogP contribution in [0.5, 0.6) is 5.75 Å². The zero-order valence-corrected chi connectivity index (χ0v) is 15.1. The number of imide groups is 1. The van der Waals surface area contributed by atoms with Gasteiger partial charge in [-0.05, 0) is 50.3 Å². The maximum atomic E-state index is 12.4. The molecule has 1 aromatic rings. The van der Waals surface area contributed by atoms with Crippen molar-refractivity contribution in [1.29, 1.82) is 0 Å². The number of benzene rings is 1. The van der Waals surface area contributed by atoms with Crippen LogP contribution in [0, 0.1) is 32.6 Å². The number of carbonyl (C=O) groups excluding carboxylic acids is 3. The number of aryl methyl sites for hydroxylation is 2. The van der Waals surface area contributed by atoms with Crippen molar-refractivity contribution in [2.75, 3.05) is 6.54 Å². The smallest absolute Gasteiger partial charge is 0.313 e. The molecule has 2 fully saturated rings. The van der Waals surface area contributed by atoms with Gasteiger partial charge < -0.3 is 4.74 Å². The van der Waals surface area contributed by atoms with E-state index in [-0.39, 0.29) is 36.6 Å². The summed E-state index contributed by atoms with van der Waals surface area (Å²) < 4.78 is 5.52. The molecular weight excluding hydrogens is 318 g/mol. The van der Waals surface area contributed by atoms with Gasteiger partial charge in [0.1, 0.15) is 5.75 Å². The monoisotopic (exact) mass is 343 g/mol. The number of ether oxygens (including phenoxy) is 1. The number of fused-ring (bicyclic) bond motifs is 1. The fourth-order valence-electron chi connectivity index (χ4n) is 3.90. The highest BCUT2D eigenvalue weighted by atomic mass is 16.5. The van der Waals surface area contributed by atoms with E-state index in [0.29, 0.717) is 5.75 Å². The first-order valence-corrected chi connectivity index (χ1v) is 9.03. The van der Waals surface area contributed by atoms with E-state index in [0.717, 1.165) is 42.4 Å². The Kier molecular flexibility index (Phi) is 4.93. The average Bonchev–Trinajstić information content (AvgIpc) is 2.85. The Morgan fingerprint density at radius 2 is 1.60 bits per heavy atom. The highest BCUT2D eigenvalue weighted by Crippen LogP contribution is 2.38. The van der Waals surface area contributed by atoms with Gasteiger partial charge in [-0.15, -0.1) is 0 Å². The number of hydrogen-bond donors (Lipinski definition) is 0. The summed E-state index contributed by atoms with van der Waals surface area (Å²) in [6, 6.07) is 3.91. The molecule has 5 nitrogen and oxygen atoms in total. The zero-order valence-electron chi connectivity index (χ0n) is 15.1. The molecule has 1 saturated heterocycles. The Balaban J connectivity index is 1.62. The highest BCUT2D eigenvalue weighted by molar-refractivity contribution is 6.05. The molecule has 0 unspecified atom stereocenters. The number of esters is 1. The molecule has 3 rings (SSSR count). The Morgan fingerprint density at radius 1 is 1.04 bits per heavy atom. The van der Waals surface area contributed by atoms with Crippen LogP contribution in [0.4, 0.5) is 0 Å². The summed E-state index contributed by atoms with van der Waals surface area (Å²) in [5, 5.41) is 0. The van der Waals surface area contributed by atoms with Crippen LogP contribution in [0.2, 0.25) is 0 Å². The molecule has 1 aliphatic heterocycles. The molecule has 1 saturated carbocycles. The van der Waals surface area contributed by atoms with Gasteiger partial charge in [-0.2, -0.15) is 0 Å². The number of nitrogens with zero attached hydrogens (tertiary/aromatic N) is 1. The second-order valence-corrected chi connectivity index (χ2v) is 7.20. The van der Waals surface area contributed by atoms with Gasteiger partial charge in [0.2, 0.25) is 11.8 Å². The molecule has 134 valence electrons. The van der Waals surface area contributed by atoms with Crippen molar-refractivity contribution in [2.45, 2.75) is 52.9 Å². The standard InChI is InChI=1S/C20H25NO4/c1-12-8-9-13(2)18(14(12)3)25-17(22)10-11-21-19(23)15-6-4-5-7-16(15)20(21)24/h8-9,15-16H,4-7,10-11H2,1-3H3/t15-,16-/m1/s1. The maximum absolute atomic E-state index is 12.4. The SMILES string of the molecule is Cc1ccc(C)c(OC(=O)CCN2C(=O)[C@@H]3CCCC[C@H]3C2=O)c1C. The molecule has 0 bridgehead atoms. The maximum Gasteiger partial charge on any atom is 0.313 e. The van der Waals surface area contributed by atoms with Gasteiger partial charge in [0.15, 0.2) is 0 Å². The third kappa shape index (κ3) is 3.32. The molecule has 1 heterocycles. The minimum atomic E-state index is -0.410. The zero-order chi connectivity index (χ0) is 18.1. The van der Waals surface area contributed by atoms with Gasteiger partial charge in [0, 0.05) is 6.54 Å². The lowest BCUT2D eigenvalue weighted by molar-refractivity contribution is -0.141. The summed E-state index contributed by atoms with van der Waals surface area (Å²) >= 11 is 0. The number of amides is 2. The second kappa shape index (κ2) is 6.98. The van der Waals surface area contributed by atoms with Crippen molar-refractivity contribution in [3.63, 3.8) is 0 Å². The molecule has 0 spiro atoms. The molecule has 5 heteroatoms. The van der Waals surface area contributed by atoms with Gasteiger partial charge in [-0.3, -0.25) is 19.3 Å². The van der Waals surface area contributed by atoms with Crippen LogP contribution in [0.15, 0.2) is 12.1 Å². The van der Waals surface area contributed by atoms with Gasteiger partial charge in [0.25, 0.3) is 0 Å². The topological polar surface area (TPSA) is 63.7 Å². The number of carbonyl (C=O) groups is 3. The van der Waals surface area contributed by atoms with Crippen molar-refractivity contribution >= 4 is 17.8 Å². The van der Waals surface area contributed by atoms with E-state index in [4.69, 9.17) is 4.74 Å². The Bertz CT molecular complexity index is 701. The van der Waals surface area contributed by atoms with Crippen LogP contribution in [-0.2, 0) is 14.4 Å². The number of likely N-dealkylation sites (tertiary alicyclic amines) is 1. The summed E-state index contributed by atoms with van der Waals surface area (Å²) in [5.41, 5.74) is 2.89. The molecular formula is C20H25NO4. The van der Waals surface area contributed by atoms with E-state index in [2.05, 4.69) is 0 Å². The van der Waals surface area contributed by atoms with E-state index in [1.54, 1.807) is 0 Å². The summed E-state index contributed by atoms with van der Waals surface area (Å²) in [7, 11) is 0. The van der Waals surface area contributed by atoms with Crippen LogP contribution in [0.1, 0.15) is 48.8 Å². The average molecular weight is 343 g/mol. The molecule has 2 atom stereocenters. The van der Waals surface area contributed by atoms with Crippen molar-refractivity contribution in [3.8, 4) is 5.75 Å². The summed E-state index contributed by atoms with van der Waals surface area (Å²) in [4.78, 5) is 38.4. The molecule has 2 amide bonds. The molecule has 0 radical (unpaired) electrons. The molecule has 2 aliphatic rings. The van der Waals surface area contributed by atoms with E-state index in [1.165, 1.54) is 4.90 Å². The second-order valence-electron chi connectivity index (χ2n) is 7.20. The van der Waals surface area contributed by atoms with Crippen molar-refractivity contribution < 1.29 is 19.1 Å². The predicted octanol–water partition coefficient (Wildman–Crippen LogP) is 3.08. The first-order valence-electron chi connectivity index (χ1n) is 9.03. The summed E-state index contributed by atoms with van der Waals surface area (Å²) in [6.07, 6.45) is 3.61. The van der Waals surface area contributed by atoms with Crippen LogP contribution in [0.25, 0.3) is 0 Å². The molecule has 25 heavy (non-hydrogen) atoms. The third-order valence-corrected chi connectivity index (χ3v) is 5.56. The van der Waals surface area contributed by atoms with Crippen LogP contribution in [0.3, 0.4) is 0 Å². The molecule has 1 aromatic carbocycles. The summed E-state index contributed by atoms with van der Waals surface area (Å²) in [6.45, 7) is 5.90. The highest BCUT2D eigenvalue weighted by Gasteiger charge is 2.47. The third-order valence-electron chi connectivity index (χ3n) is 5.56. The first kappa shape index (κ1) is 17.6. The van der Waals surface area contributed by atoms with E-state index in [1.807, 2.05) is 32.9 Å². The fraction of sp³-hybridized carbons (Fsp3) is 0.550. The quantitative estimate of drug-likeness (QED) is 0.479. The fourth-order valence-corrected chi connectivity index (χ4v) is 3.90. The minimum Gasteiger partial charge on any atom is -0.426 e. The van der Waals surface area contributed by atoms with Crippen molar-refractivity contribution in [2.24, 2.45) is 11.8 Å². The molecule has 1 aliphatic carbocycles. The Morgan fingerprint density at radius 3 is 2.20 bits per heavy atom. The van der Waals surface area contributed by atoms with Crippen LogP contribution in [-0.4, -0.2) is 29.2 Å². The predicted molar refractivity (Wildman–Crippen MR) is 93.1 cm³/mol. The normalized spacial score (nSPS) is 22.9. The van der Waals surface area contributed by atoms with E-state index < -0.39 is 5.97 Å². The molecule has 0 aromatic heterocycles. The largest absolute Gasteiger partial charge is 0.426 e. The van der Waals surface area contributed by atoms with Crippen molar-refractivity contribution in [1.82, 2.24) is 4.90 Å².